The van der Waals surface area contributed by atoms with Crippen molar-refractivity contribution in [2.75, 3.05) is 19.8 Å². The lowest BCUT2D eigenvalue weighted by molar-refractivity contribution is -0.344. The van der Waals surface area contributed by atoms with Gasteiger partial charge in [-0.2, -0.15) is 0 Å². The molecule has 0 aliphatic carbocycles. The number of hydrogen-bond donors (Lipinski definition) is 1. The molecule has 0 aromatic heterocycles. The molecule has 5 atom stereocenters. The van der Waals surface area contributed by atoms with Crippen LogP contribution in [-0.4, -0.2) is 55.0 Å². The van der Waals surface area contributed by atoms with Crippen LogP contribution in [0.15, 0.2) is 11.8 Å². The van der Waals surface area contributed by atoms with Crippen LogP contribution < -0.4 is 0 Å². The molecule has 3 aliphatic heterocycles. The fraction of sp³-hybridized carbons (Fsp3) is 0.733. The van der Waals surface area contributed by atoms with Crippen LogP contribution in [0, 0.1) is 11.8 Å². The molecule has 3 saturated heterocycles. The molecule has 3 aliphatic rings. The molecule has 3 rings (SSSR count). The lowest BCUT2D eigenvalue weighted by Crippen LogP contribution is -2.58. The predicted molar refractivity (Wildman–Crippen MR) is 73.6 cm³/mol. The summed E-state index contributed by atoms with van der Waals surface area (Å²) in [4.78, 5) is 24.1. The first-order chi connectivity index (χ1) is 11.0. The summed E-state index contributed by atoms with van der Waals surface area (Å²) in [5.41, 5.74) is 0. The summed E-state index contributed by atoms with van der Waals surface area (Å²) in [6.07, 6.45) is -0.0273. The Morgan fingerprint density at radius 2 is 2.09 bits per heavy atom. The Bertz CT molecular complexity index is 530. The van der Waals surface area contributed by atoms with Crippen molar-refractivity contribution in [2.45, 2.75) is 38.4 Å². The molecule has 0 unspecified atom stereocenters. The van der Waals surface area contributed by atoms with Crippen molar-refractivity contribution in [2.24, 2.45) is 11.8 Å². The number of hydrogen-bond acceptors (Lipinski definition) is 8. The number of rotatable bonds is 4. The minimum absolute atomic E-state index is 0.0319. The molecule has 8 nitrogen and oxygen atoms in total. The maximum absolute atomic E-state index is 12.4. The summed E-state index contributed by atoms with van der Waals surface area (Å²) >= 11 is 0. The van der Waals surface area contributed by atoms with Gasteiger partial charge in [-0.3, -0.25) is 4.79 Å². The molecule has 0 saturated carbocycles. The Kier molecular flexibility index (Phi) is 4.31. The Hall–Kier alpha value is -1.64. The van der Waals surface area contributed by atoms with Crippen molar-refractivity contribution in [3.63, 3.8) is 0 Å². The number of ether oxygens (including phenoxy) is 5. The van der Waals surface area contributed by atoms with Crippen LogP contribution in [0.1, 0.15) is 20.3 Å². The summed E-state index contributed by atoms with van der Waals surface area (Å²) in [5, 5.41) is 10.6. The molecule has 0 aromatic rings. The summed E-state index contributed by atoms with van der Waals surface area (Å²) in [6, 6.07) is 0. The van der Waals surface area contributed by atoms with Gasteiger partial charge in [0.1, 0.15) is 11.7 Å². The zero-order valence-electron chi connectivity index (χ0n) is 13.0. The van der Waals surface area contributed by atoms with E-state index in [1.165, 1.54) is 0 Å². The van der Waals surface area contributed by atoms with E-state index < -0.39 is 35.9 Å². The van der Waals surface area contributed by atoms with Crippen LogP contribution in [-0.2, 0) is 33.3 Å². The van der Waals surface area contributed by atoms with Gasteiger partial charge in [-0.05, 0) is 13.8 Å². The summed E-state index contributed by atoms with van der Waals surface area (Å²) in [7, 11) is 0. The minimum atomic E-state index is -1.72. The molecule has 1 N–H and O–H groups in total. The first-order valence-corrected chi connectivity index (χ1v) is 7.72. The third-order valence-corrected chi connectivity index (χ3v) is 4.20. The number of esters is 2. The molecule has 8 heteroatoms. The second-order valence-corrected chi connectivity index (χ2v) is 5.68. The highest BCUT2D eigenvalue weighted by Crippen LogP contribution is 2.50. The van der Waals surface area contributed by atoms with Crippen LogP contribution in [0.5, 0.6) is 0 Å². The van der Waals surface area contributed by atoms with Gasteiger partial charge >= 0.3 is 11.9 Å². The number of carbonyl (C=O) groups is 2. The molecule has 128 valence electrons. The van der Waals surface area contributed by atoms with Crippen molar-refractivity contribution >= 4 is 11.9 Å². The average Bonchev–Trinajstić information content (AvgIpc) is 2.93. The van der Waals surface area contributed by atoms with E-state index in [4.69, 9.17) is 23.7 Å². The van der Waals surface area contributed by atoms with Crippen molar-refractivity contribution < 1.29 is 38.4 Å². The number of carbonyl (C=O) groups excluding carboxylic acids is 2. The molecule has 3 fully saturated rings. The second kappa shape index (κ2) is 6.10. The quantitative estimate of drug-likeness (QED) is 0.572. The largest absolute Gasteiger partial charge is 0.465 e. The third-order valence-electron chi connectivity index (χ3n) is 4.20. The maximum atomic E-state index is 12.4. The van der Waals surface area contributed by atoms with E-state index in [2.05, 4.69) is 0 Å². The standard InChI is InChI=1S/C15H20O8/c1-3-19-11(16)5-9-12(13(17)20-4-2)8-6-15(18,23-9)14-21-7-10(8)22-14/h5,8,10,12,14,18H,3-4,6-7H2,1-2H3/b9-5-/t8-,10+,12-,14+,15+/m1/s1. The van der Waals surface area contributed by atoms with Gasteiger partial charge in [0.2, 0.25) is 6.29 Å². The zero-order chi connectivity index (χ0) is 16.6. The van der Waals surface area contributed by atoms with Crippen LogP contribution in [0.25, 0.3) is 0 Å². The van der Waals surface area contributed by atoms with Crippen molar-refractivity contribution in [3.05, 3.63) is 11.8 Å². The third kappa shape index (κ3) is 2.82. The Labute approximate surface area is 133 Å². The molecule has 0 radical (unpaired) electrons. The molecular formula is C15H20O8. The monoisotopic (exact) mass is 328 g/mol. The Morgan fingerprint density at radius 3 is 2.78 bits per heavy atom. The SMILES string of the molecule is CCOC(=O)/C=C1\O[C@@]2(O)C[C@H]([C@@H]3CO[C@H]2O3)[C@H]1C(=O)OCC. The van der Waals surface area contributed by atoms with Gasteiger partial charge in [0.15, 0.2) is 0 Å². The zero-order valence-corrected chi connectivity index (χ0v) is 13.0. The minimum Gasteiger partial charge on any atom is -0.465 e. The first kappa shape index (κ1) is 16.2. The summed E-state index contributed by atoms with van der Waals surface area (Å²) in [6.45, 7) is 4.01. The number of fused-ring (bicyclic) bond motifs is 6. The van der Waals surface area contributed by atoms with E-state index in [9.17, 15) is 14.7 Å². The second-order valence-electron chi connectivity index (χ2n) is 5.68. The van der Waals surface area contributed by atoms with Crippen LogP contribution in [0.3, 0.4) is 0 Å². The number of aliphatic hydroxyl groups is 1. The van der Waals surface area contributed by atoms with Crippen LogP contribution in [0.4, 0.5) is 0 Å². The van der Waals surface area contributed by atoms with E-state index in [1.54, 1.807) is 13.8 Å². The van der Waals surface area contributed by atoms with E-state index in [1.807, 2.05) is 0 Å². The van der Waals surface area contributed by atoms with Crippen molar-refractivity contribution in [1.82, 2.24) is 0 Å². The molecule has 3 heterocycles. The molecule has 0 amide bonds. The van der Waals surface area contributed by atoms with Gasteiger partial charge in [-0.15, -0.1) is 0 Å². The fourth-order valence-corrected chi connectivity index (χ4v) is 3.29. The average molecular weight is 328 g/mol. The van der Waals surface area contributed by atoms with E-state index in [0.717, 1.165) is 6.08 Å². The highest BCUT2D eigenvalue weighted by Gasteiger charge is 2.62. The fourth-order valence-electron chi connectivity index (χ4n) is 3.29. The Morgan fingerprint density at radius 1 is 1.35 bits per heavy atom. The van der Waals surface area contributed by atoms with Crippen molar-refractivity contribution in [1.29, 1.82) is 0 Å². The van der Waals surface area contributed by atoms with Gasteiger partial charge in [0, 0.05) is 12.3 Å². The van der Waals surface area contributed by atoms with Crippen molar-refractivity contribution in [3.8, 4) is 0 Å². The van der Waals surface area contributed by atoms with Gasteiger partial charge < -0.3 is 28.8 Å². The van der Waals surface area contributed by atoms with Gasteiger partial charge in [-0.1, -0.05) is 0 Å². The van der Waals surface area contributed by atoms with E-state index in [0.29, 0.717) is 0 Å². The lowest BCUT2D eigenvalue weighted by atomic mass is 9.77. The topological polar surface area (TPSA) is 101 Å². The van der Waals surface area contributed by atoms with Gasteiger partial charge in [0.25, 0.3) is 5.79 Å². The Balaban J connectivity index is 1.94. The first-order valence-electron chi connectivity index (χ1n) is 7.72. The molecule has 23 heavy (non-hydrogen) atoms. The molecular weight excluding hydrogens is 308 g/mol. The van der Waals surface area contributed by atoms with Gasteiger partial charge in [0.05, 0.1) is 32.0 Å². The van der Waals surface area contributed by atoms with E-state index in [-0.39, 0.29) is 38.1 Å². The van der Waals surface area contributed by atoms with Gasteiger partial charge in [-0.25, -0.2) is 4.79 Å². The lowest BCUT2D eigenvalue weighted by Gasteiger charge is -2.47. The predicted octanol–water partition coefficient (Wildman–Crippen LogP) is 0.0929. The highest BCUT2D eigenvalue weighted by molar-refractivity contribution is 5.85. The van der Waals surface area contributed by atoms with Crippen LogP contribution in [0.2, 0.25) is 0 Å². The normalized spacial score (nSPS) is 39.7. The summed E-state index contributed by atoms with van der Waals surface area (Å²) < 4.78 is 26.5. The van der Waals surface area contributed by atoms with E-state index >= 15 is 0 Å². The summed E-state index contributed by atoms with van der Waals surface area (Å²) in [5.74, 6) is -4.10. The van der Waals surface area contributed by atoms with Crippen LogP contribution >= 0.6 is 0 Å². The smallest absolute Gasteiger partial charge is 0.334 e. The molecule has 0 spiro atoms. The highest BCUT2D eigenvalue weighted by atomic mass is 16.8. The molecule has 4 bridgehead atoms. The molecule has 0 aromatic carbocycles. The maximum Gasteiger partial charge on any atom is 0.334 e.